The number of aromatic nitrogens is 1. The van der Waals surface area contributed by atoms with Crippen molar-refractivity contribution in [1.82, 2.24) is 4.98 Å². The van der Waals surface area contributed by atoms with Crippen molar-refractivity contribution in [2.75, 3.05) is 12.8 Å². The van der Waals surface area contributed by atoms with Crippen LogP contribution >= 0.6 is 22.9 Å². The molecule has 102 valence electrons. The number of methoxy groups -OCH3 is 1. The van der Waals surface area contributed by atoms with Gasteiger partial charge >= 0.3 is 0 Å². The van der Waals surface area contributed by atoms with Gasteiger partial charge in [0.05, 0.1) is 12.1 Å². The molecular formula is C14H17ClN2OS. The summed E-state index contributed by atoms with van der Waals surface area (Å²) in [5.41, 5.74) is 7.77. The second kappa shape index (κ2) is 5.02. The van der Waals surface area contributed by atoms with Crippen molar-refractivity contribution in [3.05, 3.63) is 28.2 Å². The van der Waals surface area contributed by atoms with Gasteiger partial charge in [0.15, 0.2) is 0 Å². The van der Waals surface area contributed by atoms with Crippen molar-refractivity contribution >= 4 is 27.9 Å². The van der Waals surface area contributed by atoms with E-state index >= 15 is 0 Å². The number of nitrogens with two attached hydrogens (primary N) is 1. The quantitative estimate of drug-likeness (QED) is 0.896. The summed E-state index contributed by atoms with van der Waals surface area (Å²) < 4.78 is 5.14. The first-order valence-corrected chi connectivity index (χ1v) is 7.13. The average molecular weight is 297 g/mol. The van der Waals surface area contributed by atoms with E-state index in [4.69, 9.17) is 22.1 Å². The number of anilines is 1. The lowest BCUT2D eigenvalue weighted by atomic mass is 9.98. The van der Waals surface area contributed by atoms with Crippen molar-refractivity contribution in [2.24, 2.45) is 0 Å². The third kappa shape index (κ3) is 2.85. The summed E-state index contributed by atoms with van der Waals surface area (Å²) in [5.74, 6) is 0.648. The van der Waals surface area contributed by atoms with Gasteiger partial charge < -0.3 is 10.5 Å². The van der Waals surface area contributed by atoms with Gasteiger partial charge in [-0.15, -0.1) is 11.3 Å². The summed E-state index contributed by atoms with van der Waals surface area (Å²) >= 11 is 7.66. The van der Waals surface area contributed by atoms with Crippen LogP contribution in [-0.4, -0.2) is 12.1 Å². The molecule has 0 amide bonds. The third-order valence-electron chi connectivity index (χ3n) is 2.72. The van der Waals surface area contributed by atoms with Crippen molar-refractivity contribution < 1.29 is 4.74 Å². The Morgan fingerprint density at radius 1 is 1.32 bits per heavy atom. The molecular weight excluding hydrogens is 280 g/mol. The predicted octanol–water partition coefficient (Wildman–Crippen LogP) is 4.35. The Hall–Kier alpha value is -1.26. The number of rotatable bonds is 2. The normalized spacial score (nSPS) is 11.6. The van der Waals surface area contributed by atoms with Crippen LogP contribution in [-0.2, 0) is 5.41 Å². The molecule has 1 aromatic heterocycles. The highest BCUT2D eigenvalue weighted by Gasteiger charge is 2.21. The fourth-order valence-corrected chi connectivity index (χ4v) is 2.84. The molecule has 0 spiro atoms. The maximum Gasteiger partial charge on any atom is 0.137 e. The van der Waals surface area contributed by atoms with E-state index in [1.165, 1.54) is 11.3 Å². The van der Waals surface area contributed by atoms with Gasteiger partial charge in [-0.2, -0.15) is 0 Å². The lowest BCUT2D eigenvalue weighted by molar-refractivity contribution is 0.415. The minimum Gasteiger partial charge on any atom is -0.495 e. The lowest BCUT2D eigenvalue weighted by Crippen LogP contribution is -2.10. The van der Waals surface area contributed by atoms with Crippen LogP contribution in [0.4, 0.5) is 5.00 Å². The summed E-state index contributed by atoms with van der Waals surface area (Å²) in [6.45, 7) is 6.36. The monoisotopic (exact) mass is 296 g/mol. The molecule has 2 N–H and O–H groups in total. The van der Waals surface area contributed by atoms with Crippen molar-refractivity contribution in [3.8, 4) is 17.0 Å². The molecule has 0 saturated heterocycles. The number of thiazole rings is 1. The lowest BCUT2D eigenvalue weighted by Gasteiger charge is -2.13. The Bertz CT molecular complexity index is 602. The number of halogens is 1. The van der Waals surface area contributed by atoms with Crippen LogP contribution in [0.3, 0.4) is 0 Å². The van der Waals surface area contributed by atoms with Gasteiger partial charge in [0, 0.05) is 11.0 Å². The summed E-state index contributed by atoms with van der Waals surface area (Å²) in [7, 11) is 1.59. The SMILES string of the molecule is COc1ccc(-c2nc(C(C)(C)C)sc2N)cc1Cl. The minimum absolute atomic E-state index is 0.00665. The smallest absolute Gasteiger partial charge is 0.137 e. The van der Waals surface area contributed by atoms with E-state index < -0.39 is 0 Å². The number of nitrogens with zero attached hydrogens (tertiary/aromatic N) is 1. The molecule has 2 aromatic rings. The highest BCUT2D eigenvalue weighted by molar-refractivity contribution is 7.16. The van der Waals surface area contributed by atoms with Crippen LogP contribution in [0.2, 0.25) is 5.02 Å². The highest BCUT2D eigenvalue weighted by Crippen LogP contribution is 2.38. The summed E-state index contributed by atoms with van der Waals surface area (Å²) in [6, 6.07) is 5.58. The standard InChI is InChI=1S/C14H17ClN2OS/c1-14(2,3)13-17-11(12(16)19-13)8-5-6-10(18-4)9(15)7-8/h5-7H,16H2,1-4H3. The van der Waals surface area contributed by atoms with Crippen molar-refractivity contribution in [3.63, 3.8) is 0 Å². The molecule has 2 rings (SSSR count). The average Bonchev–Trinajstić information content (AvgIpc) is 2.71. The van der Waals surface area contributed by atoms with Gasteiger partial charge in [-0.3, -0.25) is 0 Å². The number of hydrogen-bond acceptors (Lipinski definition) is 4. The zero-order valence-corrected chi connectivity index (χ0v) is 13.0. The van der Waals surface area contributed by atoms with Gasteiger partial charge in [-0.05, 0) is 18.2 Å². The first kappa shape index (κ1) is 14.2. The van der Waals surface area contributed by atoms with Crippen LogP contribution in [0, 0.1) is 0 Å². The fraction of sp³-hybridized carbons (Fsp3) is 0.357. The zero-order chi connectivity index (χ0) is 14.2. The molecule has 0 aliphatic heterocycles. The Kier molecular flexibility index (Phi) is 3.74. The van der Waals surface area contributed by atoms with E-state index in [0.29, 0.717) is 15.8 Å². The molecule has 0 fully saturated rings. The molecule has 0 aliphatic rings. The highest BCUT2D eigenvalue weighted by atomic mass is 35.5. The Balaban J connectivity index is 2.48. The number of benzene rings is 1. The van der Waals surface area contributed by atoms with Crippen LogP contribution < -0.4 is 10.5 Å². The molecule has 3 nitrogen and oxygen atoms in total. The largest absolute Gasteiger partial charge is 0.495 e. The molecule has 1 heterocycles. The second-order valence-electron chi connectivity index (χ2n) is 5.33. The Morgan fingerprint density at radius 3 is 2.47 bits per heavy atom. The molecule has 0 atom stereocenters. The topological polar surface area (TPSA) is 48.1 Å². The van der Waals surface area contributed by atoms with Gasteiger partial charge in [-0.1, -0.05) is 32.4 Å². The molecule has 0 radical (unpaired) electrons. The van der Waals surface area contributed by atoms with Crippen LogP contribution in [0.25, 0.3) is 11.3 Å². The predicted molar refractivity (Wildman–Crippen MR) is 82.2 cm³/mol. The maximum absolute atomic E-state index is 6.14. The summed E-state index contributed by atoms with van der Waals surface area (Å²) in [5, 5.41) is 2.29. The summed E-state index contributed by atoms with van der Waals surface area (Å²) in [6.07, 6.45) is 0. The molecule has 0 aliphatic carbocycles. The second-order valence-corrected chi connectivity index (χ2v) is 6.77. The number of nitrogen functional groups attached to an aromatic ring is 1. The third-order valence-corrected chi connectivity index (χ3v) is 4.33. The first-order chi connectivity index (χ1) is 8.82. The molecule has 5 heteroatoms. The molecule has 1 aromatic carbocycles. The molecule has 0 bridgehead atoms. The van der Waals surface area contributed by atoms with E-state index in [2.05, 4.69) is 25.8 Å². The van der Waals surface area contributed by atoms with Crippen molar-refractivity contribution in [1.29, 1.82) is 0 Å². The molecule has 0 unspecified atom stereocenters. The number of hydrogen-bond donors (Lipinski definition) is 1. The Morgan fingerprint density at radius 2 is 2.00 bits per heavy atom. The van der Waals surface area contributed by atoms with E-state index in [-0.39, 0.29) is 5.41 Å². The van der Waals surface area contributed by atoms with Gasteiger partial charge in [0.25, 0.3) is 0 Å². The minimum atomic E-state index is -0.00665. The van der Waals surface area contributed by atoms with E-state index in [0.717, 1.165) is 16.3 Å². The molecule has 0 saturated carbocycles. The van der Waals surface area contributed by atoms with E-state index in [9.17, 15) is 0 Å². The molecule has 19 heavy (non-hydrogen) atoms. The van der Waals surface area contributed by atoms with Gasteiger partial charge in [0.2, 0.25) is 0 Å². The number of ether oxygens (including phenoxy) is 1. The van der Waals surface area contributed by atoms with Crippen LogP contribution in [0.5, 0.6) is 5.75 Å². The Labute approximate surface area is 122 Å². The fourth-order valence-electron chi connectivity index (χ4n) is 1.67. The van der Waals surface area contributed by atoms with E-state index in [1.54, 1.807) is 7.11 Å². The van der Waals surface area contributed by atoms with Crippen molar-refractivity contribution in [2.45, 2.75) is 26.2 Å². The maximum atomic E-state index is 6.14. The van der Waals surface area contributed by atoms with Gasteiger partial charge in [0.1, 0.15) is 21.5 Å². The summed E-state index contributed by atoms with van der Waals surface area (Å²) in [4.78, 5) is 4.64. The zero-order valence-electron chi connectivity index (χ0n) is 11.5. The van der Waals surface area contributed by atoms with Crippen LogP contribution in [0.15, 0.2) is 18.2 Å². The first-order valence-electron chi connectivity index (χ1n) is 5.93. The van der Waals surface area contributed by atoms with E-state index in [1.807, 2.05) is 18.2 Å². The van der Waals surface area contributed by atoms with Crippen LogP contribution in [0.1, 0.15) is 25.8 Å². The van der Waals surface area contributed by atoms with Gasteiger partial charge in [-0.25, -0.2) is 4.98 Å².